The number of rotatable bonds is 8. The number of benzene rings is 3. The van der Waals surface area contributed by atoms with Crippen molar-refractivity contribution >= 4 is 11.9 Å². The quantitative estimate of drug-likeness (QED) is 0.285. The fraction of sp³-hybridized carbons (Fsp3) is 0.412. The van der Waals surface area contributed by atoms with Crippen LogP contribution in [0.25, 0.3) is 11.1 Å². The number of piperidine rings is 1. The van der Waals surface area contributed by atoms with Crippen LogP contribution in [0.5, 0.6) is 0 Å². The van der Waals surface area contributed by atoms with E-state index in [9.17, 15) is 22.8 Å². The summed E-state index contributed by atoms with van der Waals surface area (Å²) < 4.78 is 44.7. The van der Waals surface area contributed by atoms with E-state index in [-0.39, 0.29) is 24.3 Å². The van der Waals surface area contributed by atoms with E-state index >= 15 is 0 Å². The van der Waals surface area contributed by atoms with Gasteiger partial charge >= 0.3 is 12.1 Å². The van der Waals surface area contributed by atoms with E-state index in [1.165, 1.54) is 12.1 Å². The number of hydrogen-bond donors (Lipinski definition) is 1. The first-order valence-electron chi connectivity index (χ1n) is 14.3. The maximum Gasteiger partial charge on any atom is 0.416 e. The van der Waals surface area contributed by atoms with Gasteiger partial charge in [0.15, 0.2) is 0 Å². The Morgan fingerprint density at radius 3 is 2.02 bits per heavy atom. The molecule has 1 aliphatic heterocycles. The van der Waals surface area contributed by atoms with Crippen LogP contribution in [0.2, 0.25) is 0 Å². The molecular weight excluding hydrogens is 541 g/mol. The Kier molecular flexibility index (Phi) is 9.46. The number of alkyl halides is 3. The maximum absolute atomic E-state index is 13.3. The second-order valence-corrected chi connectivity index (χ2v) is 12.3. The third kappa shape index (κ3) is 8.22. The number of esters is 1. The van der Waals surface area contributed by atoms with Gasteiger partial charge in [-0.2, -0.15) is 13.2 Å². The number of nitrogens with one attached hydrogen (secondary N) is 1. The van der Waals surface area contributed by atoms with E-state index in [2.05, 4.69) is 17.1 Å². The van der Waals surface area contributed by atoms with E-state index in [1.54, 1.807) is 24.3 Å². The monoisotopic (exact) mass is 580 g/mol. The van der Waals surface area contributed by atoms with Crippen LogP contribution in [0.1, 0.15) is 68.4 Å². The van der Waals surface area contributed by atoms with Gasteiger partial charge in [0, 0.05) is 36.7 Å². The van der Waals surface area contributed by atoms with Crippen LogP contribution >= 0.6 is 0 Å². The fourth-order valence-corrected chi connectivity index (χ4v) is 5.55. The van der Waals surface area contributed by atoms with Gasteiger partial charge in [0.05, 0.1) is 12.0 Å². The minimum Gasteiger partial charge on any atom is -0.460 e. The van der Waals surface area contributed by atoms with Crippen molar-refractivity contribution in [1.82, 2.24) is 10.2 Å². The van der Waals surface area contributed by atoms with Gasteiger partial charge in [0.1, 0.15) is 5.60 Å². The Balaban J connectivity index is 1.40. The Hall–Kier alpha value is -3.65. The highest BCUT2D eigenvalue weighted by atomic mass is 19.4. The lowest BCUT2D eigenvalue weighted by Crippen LogP contribution is -2.49. The van der Waals surface area contributed by atoms with E-state index < -0.39 is 22.8 Å². The second kappa shape index (κ2) is 12.7. The average Bonchev–Trinajstić information content (AvgIpc) is 2.93. The molecule has 1 saturated heterocycles. The number of halogens is 3. The molecule has 1 atom stereocenters. The Morgan fingerprint density at radius 2 is 1.43 bits per heavy atom. The molecule has 1 heterocycles. The molecule has 1 aliphatic rings. The van der Waals surface area contributed by atoms with Gasteiger partial charge in [0.25, 0.3) is 5.91 Å². The van der Waals surface area contributed by atoms with Crippen molar-refractivity contribution in [3.63, 3.8) is 0 Å². The maximum atomic E-state index is 13.3. The molecule has 3 aromatic rings. The molecule has 4 rings (SSSR count). The summed E-state index contributed by atoms with van der Waals surface area (Å²) in [6.45, 7) is 9.87. The molecule has 1 N–H and O–H groups in total. The summed E-state index contributed by atoms with van der Waals surface area (Å²) in [5, 5.41) is 3.13. The predicted octanol–water partition coefficient (Wildman–Crippen LogP) is 7.26. The zero-order valence-corrected chi connectivity index (χ0v) is 24.6. The smallest absolute Gasteiger partial charge is 0.416 e. The summed E-state index contributed by atoms with van der Waals surface area (Å²) in [5.41, 5.74) is 0.904. The van der Waals surface area contributed by atoms with E-state index in [4.69, 9.17) is 4.74 Å². The first kappa shape index (κ1) is 31.3. The van der Waals surface area contributed by atoms with Crippen molar-refractivity contribution in [3.8, 4) is 11.1 Å². The molecule has 1 amide bonds. The summed E-state index contributed by atoms with van der Waals surface area (Å²) in [4.78, 5) is 28.5. The van der Waals surface area contributed by atoms with Crippen LogP contribution < -0.4 is 5.32 Å². The van der Waals surface area contributed by atoms with Gasteiger partial charge in [0.2, 0.25) is 0 Å². The summed E-state index contributed by atoms with van der Waals surface area (Å²) >= 11 is 0. The Labute approximate surface area is 246 Å². The molecule has 0 spiro atoms. The van der Waals surface area contributed by atoms with Crippen molar-refractivity contribution in [3.05, 3.63) is 95.6 Å². The normalized spacial score (nSPS) is 16.5. The summed E-state index contributed by atoms with van der Waals surface area (Å²) in [7, 11) is 0. The van der Waals surface area contributed by atoms with Crippen LogP contribution in [-0.2, 0) is 21.1 Å². The third-order valence-electron chi connectivity index (χ3n) is 7.62. The summed E-state index contributed by atoms with van der Waals surface area (Å²) in [6, 6.07) is 21.8. The highest BCUT2D eigenvalue weighted by molar-refractivity contribution is 6.01. The zero-order chi connectivity index (χ0) is 30.5. The molecule has 1 fully saturated rings. The van der Waals surface area contributed by atoms with Crippen LogP contribution in [-0.4, -0.2) is 48.1 Å². The molecule has 0 aliphatic carbocycles. The van der Waals surface area contributed by atoms with Crippen molar-refractivity contribution in [1.29, 1.82) is 0 Å². The minimum absolute atomic E-state index is 0.0387. The number of carbonyl (C=O) groups is 2. The lowest BCUT2D eigenvalue weighted by Gasteiger charge is -2.39. The molecule has 0 aromatic heterocycles. The van der Waals surface area contributed by atoms with Crippen LogP contribution in [0.15, 0.2) is 78.9 Å². The van der Waals surface area contributed by atoms with Crippen molar-refractivity contribution in [2.75, 3.05) is 19.6 Å². The highest BCUT2D eigenvalue weighted by Crippen LogP contribution is 2.33. The lowest BCUT2D eigenvalue weighted by atomic mass is 9.78. The van der Waals surface area contributed by atoms with E-state index in [0.717, 1.165) is 43.6 Å². The first-order valence-corrected chi connectivity index (χ1v) is 14.3. The lowest BCUT2D eigenvalue weighted by molar-refractivity contribution is -0.156. The number of likely N-dealkylation sites (tertiary alicyclic amines) is 1. The van der Waals surface area contributed by atoms with Gasteiger partial charge in [-0.25, -0.2) is 0 Å². The minimum atomic E-state index is -4.42. The van der Waals surface area contributed by atoms with Crippen molar-refractivity contribution in [2.24, 2.45) is 0 Å². The number of ether oxygens (including phenoxy) is 1. The molecule has 42 heavy (non-hydrogen) atoms. The first-order chi connectivity index (χ1) is 19.7. The standard InChI is InChI=1S/C34H39F3N2O3/c1-32(2,3)42-30(40)22-33(4,25-10-6-5-7-11-25)23-39-20-18-27(19-21-39)38-31(41)29-13-9-8-12-28(29)24-14-16-26(17-15-24)34(35,36)37/h5-17,27H,18-23H2,1-4H3,(H,38,41). The molecule has 224 valence electrons. The Morgan fingerprint density at radius 1 is 0.833 bits per heavy atom. The van der Waals surface area contributed by atoms with E-state index in [1.807, 2.05) is 51.1 Å². The fourth-order valence-electron chi connectivity index (χ4n) is 5.55. The number of nitrogens with zero attached hydrogens (tertiary/aromatic N) is 1. The number of hydrogen-bond acceptors (Lipinski definition) is 4. The van der Waals surface area contributed by atoms with E-state index in [0.29, 0.717) is 23.2 Å². The Bertz CT molecular complexity index is 1360. The third-order valence-corrected chi connectivity index (χ3v) is 7.62. The summed E-state index contributed by atoms with van der Waals surface area (Å²) in [6.07, 6.45) is -2.68. The van der Waals surface area contributed by atoms with Crippen LogP contribution in [0.4, 0.5) is 13.2 Å². The SMILES string of the molecule is CC(C)(C)OC(=O)CC(C)(CN1CCC(NC(=O)c2ccccc2-c2ccc(C(F)(F)F)cc2)CC1)c1ccccc1. The number of amides is 1. The van der Waals surface area contributed by atoms with Gasteiger partial charge in [-0.3, -0.25) is 9.59 Å². The molecule has 0 saturated carbocycles. The molecule has 0 radical (unpaired) electrons. The molecule has 0 bridgehead atoms. The van der Waals surface area contributed by atoms with Crippen LogP contribution in [0.3, 0.4) is 0 Å². The molecular formula is C34H39F3N2O3. The second-order valence-electron chi connectivity index (χ2n) is 12.3. The predicted molar refractivity (Wildman–Crippen MR) is 158 cm³/mol. The highest BCUT2D eigenvalue weighted by Gasteiger charge is 2.35. The van der Waals surface area contributed by atoms with Gasteiger partial charge < -0.3 is 15.0 Å². The van der Waals surface area contributed by atoms with Gasteiger partial charge in [-0.05, 0) is 68.5 Å². The topological polar surface area (TPSA) is 58.6 Å². The van der Waals surface area contributed by atoms with Gasteiger partial charge in [-0.15, -0.1) is 0 Å². The van der Waals surface area contributed by atoms with Crippen molar-refractivity contribution in [2.45, 2.75) is 70.2 Å². The largest absolute Gasteiger partial charge is 0.460 e. The molecule has 1 unspecified atom stereocenters. The zero-order valence-electron chi connectivity index (χ0n) is 24.6. The van der Waals surface area contributed by atoms with Crippen LogP contribution in [0, 0.1) is 0 Å². The average molecular weight is 581 g/mol. The summed E-state index contributed by atoms with van der Waals surface area (Å²) in [5.74, 6) is -0.481. The molecule has 3 aromatic carbocycles. The number of carbonyl (C=O) groups excluding carboxylic acids is 2. The van der Waals surface area contributed by atoms with Gasteiger partial charge in [-0.1, -0.05) is 67.6 Å². The molecule has 8 heteroatoms. The molecule has 5 nitrogen and oxygen atoms in total. The van der Waals surface area contributed by atoms with Crippen molar-refractivity contribution < 1.29 is 27.5 Å².